The molecule has 4 aromatic rings. The first-order valence-corrected chi connectivity index (χ1v) is 13.9. The summed E-state index contributed by atoms with van der Waals surface area (Å²) >= 11 is -0.430. The third kappa shape index (κ3) is 5.02. The number of ether oxygens (including phenoxy) is 1. The maximum absolute atomic E-state index is 12.7. The Morgan fingerprint density at radius 2 is 1.95 bits per heavy atom. The van der Waals surface area contributed by atoms with Gasteiger partial charge in [0.15, 0.2) is 0 Å². The first-order chi connectivity index (χ1) is 18.8. The number of fused-ring (bicyclic) bond motifs is 1. The summed E-state index contributed by atoms with van der Waals surface area (Å²) in [5.74, 6) is 5.29. The van der Waals surface area contributed by atoms with Gasteiger partial charge in [0.05, 0.1) is 0 Å². The molecule has 198 valence electrons. The number of hydrogen-bond acceptors (Lipinski definition) is 8. The summed E-state index contributed by atoms with van der Waals surface area (Å²) < 4.78 is 8.26. The molecule has 1 aliphatic rings. The van der Waals surface area contributed by atoms with Gasteiger partial charge in [-0.25, -0.2) is 0 Å². The number of aromatic nitrogens is 3. The van der Waals surface area contributed by atoms with E-state index < -0.39 is 43.9 Å². The fourth-order valence-electron chi connectivity index (χ4n) is 4.45. The number of hydrogen-bond donors (Lipinski definition) is 3. The molecule has 0 spiro atoms. The van der Waals surface area contributed by atoms with E-state index in [9.17, 15) is 25.1 Å². The number of nitro groups is 1. The number of nitro benzene ring substituents is 1. The minimum absolute atomic E-state index is 0.00308. The summed E-state index contributed by atoms with van der Waals surface area (Å²) in [5, 5.41) is 37.6. The Morgan fingerprint density at radius 1 is 1.21 bits per heavy atom. The molecule has 3 N–H and O–H groups in total. The number of aliphatic hydroxyl groups excluding tert-OH is 1. The fourth-order valence-corrected chi connectivity index (χ4v) is 6.69. The van der Waals surface area contributed by atoms with Crippen molar-refractivity contribution in [2.45, 2.75) is 36.3 Å². The van der Waals surface area contributed by atoms with Crippen molar-refractivity contribution in [3.05, 3.63) is 88.9 Å². The number of nitrogens with one attached hydrogen (secondary N) is 1. The van der Waals surface area contributed by atoms with Gasteiger partial charge >= 0.3 is 211 Å². The zero-order valence-electron chi connectivity index (χ0n) is 20.6. The Labute approximate surface area is 229 Å². The van der Waals surface area contributed by atoms with Gasteiger partial charge in [0.1, 0.15) is 0 Å². The number of benzene rings is 2. The van der Waals surface area contributed by atoms with Gasteiger partial charge in [0.25, 0.3) is 0 Å². The van der Waals surface area contributed by atoms with E-state index in [1.165, 1.54) is 12.4 Å². The molecule has 11 nitrogen and oxygen atoms in total. The second kappa shape index (κ2) is 10.9. The van der Waals surface area contributed by atoms with Gasteiger partial charge in [-0.05, 0) is 0 Å². The van der Waals surface area contributed by atoms with Gasteiger partial charge in [-0.1, -0.05) is 18.2 Å². The third-order valence-electron chi connectivity index (χ3n) is 6.30. The van der Waals surface area contributed by atoms with Gasteiger partial charge < -0.3 is 0 Å². The van der Waals surface area contributed by atoms with Gasteiger partial charge in [0.2, 0.25) is 0 Å². The van der Waals surface area contributed by atoms with Gasteiger partial charge in [0, 0.05) is 0 Å². The van der Waals surface area contributed by atoms with Gasteiger partial charge in [-0.15, -0.1) is 0 Å². The van der Waals surface area contributed by atoms with E-state index in [0.717, 1.165) is 0 Å². The van der Waals surface area contributed by atoms with E-state index in [2.05, 4.69) is 27.1 Å². The maximum atomic E-state index is 12.7. The topological polar surface area (TPSA) is 153 Å². The Morgan fingerprint density at radius 3 is 2.69 bits per heavy atom. The van der Waals surface area contributed by atoms with Crippen LogP contribution in [-0.2, 0) is 4.74 Å². The molecule has 0 bridgehead atoms. The van der Waals surface area contributed by atoms with E-state index in [1.54, 1.807) is 66.2 Å². The first kappa shape index (κ1) is 26.5. The number of nitrogens with zero attached hydrogens (tertiary/aromatic N) is 4. The second-order valence-electron chi connectivity index (χ2n) is 8.71. The zero-order valence-corrected chi connectivity index (χ0v) is 22.3. The molecule has 39 heavy (non-hydrogen) atoms. The standard InChI is InChI=1S/C27H23N5O6Se/c1-2-13-27(35)22(33)20(15-39-21-11-7-6-10-19(21)32(36)37)38-26(27)31-14-12-18-23(28-16-29-24(18)31)30-25(34)17-8-4-3-5-9-17/h3-12,14,16,20,22,26,33,35H,15H2,1H3,(H,28,29,30,34)/t20-,22-,26?,27-/m1/s1. The molecule has 2 aromatic carbocycles. The van der Waals surface area contributed by atoms with E-state index >= 15 is 0 Å². The van der Waals surface area contributed by atoms with Crippen LogP contribution in [-0.4, -0.2) is 68.3 Å². The molecule has 1 unspecified atom stereocenters. The Kier molecular flexibility index (Phi) is 7.43. The van der Waals surface area contributed by atoms with Gasteiger partial charge in [-0.3, -0.25) is 0 Å². The summed E-state index contributed by atoms with van der Waals surface area (Å²) in [4.78, 5) is 32.2. The molecule has 2 aromatic heterocycles. The monoisotopic (exact) mass is 593 g/mol. The van der Waals surface area contributed by atoms with Crippen molar-refractivity contribution in [1.82, 2.24) is 14.5 Å². The van der Waals surface area contributed by atoms with Crippen LogP contribution in [0.2, 0.25) is 5.32 Å². The molecular weight excluding hydrogens is 569 g/mol. The molecule has 0 radical (unpaired) electrons. The quantitative estimate of drug-likeness (QED) is 0.128. The molecule has 5 rings (SSSR count). The number of carbonyl (C=O) groups is 1. The van der Waals surface area contributed by atoms with Crippen molar-refractivity contribution < 1.29 is 24.7 Å². The van der Waals surface area contributed by atoms with Crippen LogP contribution in [0.3, 0.4) is 0 Å². The molecule has 1 fully saturated rings. The van der Waals surface area contributed by atoms with Gasteiger partial charge in [-0.2, -0.15) is 0 Å². The Balaban J connectivity index is 1.44. The first-order valence-electron chi connectivity index (χ1n) is 11.9. The molecule has 0 saturated carbocycles. The number of carbonyl (C=O) groups excluding carboxylic acids is 1. The zero-order chi connectivity index (χ0) is 27.6. The summed E-state index contributed by atoms with van der Waals surface area (Å²) in [6.07, 6.45) is -0.484. The predicted octanol–water partition coefficient (Wildman–Crippen LogP) is 2.05. The minimum atomic E-state index is -1.98. The Bertz CT molecular complexity index is 1600. The molecule has 1 amide bonds. The van der Waals surface area contributed by atoms with Crippen molar-refractivity contribution in [2.24, 2.45) is 0 Å². The second-order valence-corrected chi connectivity index (χ2v) is 10.9. The SMILES string of the molecule is CC#C[C@]1(O)C(n2ccc3c(NC(=O)c4ccccc4)ncnc32)O[C@H](C[Se]c2ccccc2[N+](=O)[O-])[C@H]1O. The van der Waals surface area contributed by atoms with E-state index in [-0.39, 0.29) is 22.7 Å². The molecular formula is C27H23N5O6Se. The van der Waals surface area contributed by atoms with Crippen LogP contribution in [0, 0.1) is 22.0 Å². The van der Waals surface area contributed by atoms with Crippen LogP contribution in [0.5, 0.6) is 0 Å². The molecule has 1 aliphatic heterocycles. The van der Waals surface area contributed by atoms with Crippen LogP contribution < -0.4 is 9.78 Å². The van der Waals surface area contributed by atoms with E-state index in [4.69, 9.17) is 4.74 Å². The Hall–Kier alpha value is -4.11. The van der Waals surface area contributed by atoms with Crippen molar-refractivity contribution in [2.75, 3.05) is 5.32 Å². The average Bonchev–Trinajstić information content (AvgIpc) is 3.47. The number of rotatable bonds is 7. The molecule has 12 heteroatoms. The molecule has 1 saturated heterocycles. The van der Waals surface area contributed by atoms with Crippen LogP contribution in [0.25, 0.3) is 11.0 Å². The summed E-state index contributed by atoms with van der Waals surface area (Å²) in [7, 11) is 0. The van der Waals surface area contributed by atoms with Crippen molar-refractivity contribution >= 4 is 47.9 Å². The van der Waals surface area contributed by atoms with Crippen molar-refractivity contribution in [3.63, 3.8) is 0 Å². The van der Waals surface area contributed by atoms with Crippen LogP contribution in [0.15, 0.2) is 73.2 Å². The molecule has 4 atom stereocenters. The predicted molar refractivity (Wildman–Crippen MR) is 144 cm³/mol. The summed E-state index contributed by atoms with van der Waals surface area (Å²) in [5.41, 5.74) is -1.17. The van der Waals surface area contributed by atoms with Crippen molar-refractivity contribution in [3.8, 4) is 11.8 Å². The molecule has 0 aliphatic carbocycles. The number of aliphatic hydroxyl groups is 2. The molecule has 3 heterocycles. The van der Waals surface area contributed by atoms with E-state index in [1.807, 2.05) is 6.07 Å². The van der Waals surface area contributed by atoms with Crippen LogP contribution in [0.4, 0.5) is 11.5 Å². The third-order valence-corrected chi connectivity index (χ3v) is 8.72. The number of para-hydroxylation sites is 1. The summed E-state index contributed by atoms with van der Waals surface area (Å²) in [6.45, 7) is 1.54. The summed E-state index contributed by atoms with van der Waals surface area (Å²) in [6, 6.07) is 16.8. The fraction of sp³-hybridized carbons (Fsp3) is 0.222. The number of amides is 1. The van der Waals surface area contributed by atoms with Crippen molar-refractivity contribution in [1.29, 1.82) is 0 Å². The average molecular weight is 592 g/mol. The number of anilines is 1. The van der Waals surface area contributed by atoms with Crippen LogP contribution >= 0.6 is 0 Å². The van der Waals surface area contributed by atoms with Crippen LogP contribution in [0.1, 0.15) is 23.5 Å². The van der Waals surface area contributed by atoms with E-state index in [0.29, 0.717) is 21.1 Å². The normalized spacial score (nSPS) is 22.3.